The number of hydrogen-bond acceptors (Lipinski definition) is 2. The summed E-state index contributed by atoms with van der Waals surface area (Å²) in [4.78, 5) is 3.10. The van der Waals surface area contributed by atoms with Gasteiger partial charge in [0, 0.05) is 5.92 Å². The quantitative estimate of drug-likeness (QED) is 0.599. The standard InChI is InChI=1S/C17H15N3/c1-11(17-18-10-19-20-17)12-6-7-16-14(8-12)9-13-4-2-3-5-15(13)16/h2-8,10-11H,9H2,1H3,(H,18,19,20). The SMILES string of the molecule is CC(c1ccc2c(c1)Cc1ccccc1-2)c1nnc[nH]1. The summed E-state index contributed by atoms with van der Waals surface area (Å²) in [5.41, 5.74) is 6.87. The fourth-order valence-corrected chi connectivity index (χ4v) is 3.02. The first-order chi connectivity index (χ1) is 9.83. The number of hydrogen-bond donors (Lipinski definition) is 1. The van der Waals surface area contributed by atoms with Crippen molar-refractivity contribution in [1.82, 2.24) is 15.2 Å². The second-order valence-electron chi connectivity index (χ2n) is 5.35. The lowest BCUT2D eigenvalue weighted by Crippen LogP contribution is -1.99. The minimum Gasteiger partial charge on any atom is -0.331 e. The van der Waals surface area contributed by atoms with E-state index in [9.17, 15) is 0 Å². The highest BCUT2D eigenvalue weighted by molar-refractivity contribution is 5.77. The normalized spacial score (nSPS) is 13.8. The van der Waals surface area contributed by atoms with Crippen molar-refractivity contribution < 1.29 is 0 Å². The van der Waals surface area contributed by atoms with Gasteiger partial charge in [0.25, 0.3) is 0 Å². The summed E-state index contributed by atoms with van der Waals surface area (Å²) in [7, 11) is 0. The van der Waals surface area contributed by atoms with Gasteiger partial charge in [0.2, 0.25) is 0 Å². The predicted molar refractivity (Wildman–Crippen MR) is 78.6 cm³/mol. The average molecular weight is 261 g/mol. The summed E-state index contributed by atoms with van der Waals surface area (Å²) < 4.78 is 0. The molecule has 98 valence electrons. The average Bonchev–Trinajstić information content (AvgIpc) is 3.13. The lowest BCUT2D eigenvalue weighted by atomic mass is 9.96. The first-order valence-electron chi connectivity index (χ1n) is 6.90. The van der Waals surface area contributed by atoms with Gasteiger partial charge in [-0.1, -0.05) is 49.4 Å². The third-order valence-electron chi connectivity index (χ3n) is 4.16. The Morgan fingerprint density at radius 3 is 2.75 bits per heavy atom. The minimum atomic E-state index is 0.242. The lowest BCUT2D eigenvalue weighted by Gasteiger charge is -2.10. The van der Waals surface area contributed by atoms with Gasteiger partial charge in [0.05, 0.1) is 0 Å². The molecule has 1 unspecified atom stereocenters. The fraction of sp³-hybridized carbons (Fsp3) is 0.176. The number of nitrogens with zero attached hydrogens (tertiary/aromatic N) is 2. The molecule has 0 fully saturated rings. The van der Waals surface area contributed by atoms with E-state index >= 15 is 0 Å². The smallest absolute Gasteiger partial charge is 0.137 e. The van der Waals surface area contributed by atoms with E-state index in [1.165, 1.54) is 27.8 Å². The molecule has 1 N–H and O–H groups in total. The van der Waals surface area contributed by atoms with Crippen molar-refractivity contribution in [3.63, 3.8) is 0 Å². The second-order valence-corrected chi connectivity index (χ2v) is 5.35. The Bertz CT molecular complexity index is 760. The van der Waals surface area contributed by atoms with Crippen molar-refractivity contribution in [3.8, 4) is 11.1 Å². The van der Waals surface area contributed by atoms with Crippen molar-refractivity contribution in [2.45, 2.75) is 19.3 Å². The van der Waals surface area contributed by atoms with Crippen LogP contribution in [0.1, 0.15) is 35.4 Å². The largest absolute Gasteiger partial charge is 0.331 e. The Morgan fingerprint density at radius 1 is 1.05 bits per heavy atom. The minimum absolute atomic E-state index is 0.242. The van der Waals surface area contributed by atoms with Crippen molar-refractivity contribution >= 4 is 0 Å². The maximum absolute atomic E-state index is 4.12. The summed E-state index contributed by atoms with van der Waals surface area (Å²) in [6, 6.07) is 15.4. The highest BCUT2D eigenvalue weighted by Gasteiger charge is 2.20. The highest BCUT2D eigenvalue weighted by atomic mass is 15.2. The van der Waals surface area contributed by atoms with Gasteiger partial charge in [-0.25, -0.2) is 0 Å². The van der Waals surface area contributed by atoms with Crippen LogP contribution in [0.15, 0.2) is 48.8 Å². The van der Waals surface area contributed by atoms with Crippen LogP contribution < -0.4 is 0 Å². The van der Waals surface area contributed by atoms with Crippen LogP contribution in [0.5, 0.6) is 0 Å². The number of aromatic amines is 1. The van der Waals surface area contributed by atoms with Crippen LogP contribution in [0, 0.1) is 0 Å². The fourth-order valence-electron chi connectivity index (χ4n) is 3.02. The maximum Gasteiger partial charge on any atom is 0.137 e. The molecule has 0 saturated heterocycles. The van der Waals surface area contributed by atoms with E-state index in [0.717, 1.165) is 12.2 Å². The van der Waals surface area contributed by atoms with E-state index in [1.54, 1.807) is 6.33 Å². The molecule has 4 rings (SSSR count). The molecule has 2 aromatic carbocycles. The molecule has 0 aliphatic heterocycles. The summed E-state index contributed by atoms with van der Waals surface area (Å²) >= 11 is 0. The number of H-pyrrole nitrogens is 1. The molecular weight excluding hydrogens is 246 g/mol. The molecule has 0 spiro atoms. The van der Waals surface area contributed by atoms with Crippen molar-refractivity contribution in [1.29, 1.82) is 0 Å². The van der Waals surface area contributed by atoms with Crippen LogP contribution in [-0.2, 0) is 6.42 Å². The van der Waals surface area contributed by atoms with Crippen LogP contribution in [-0.4, -0.2) is 15.2 Å². The number of rotatable bonds is 2. The molecule has 0 radical (unpaired) electrons. The summed E-state index contributed by atoms with van der Waals surface area (Å²) in [5, 5.41) is 7.99. The molecule has 3 heteroatoms. The van der Waals surface area contributed by atoms with Crippen molar-refractivity contribution in [2.24, 2.45) is 0 Å². The molecule has 3 aromatic rings. The molecule has 3 nitrogen and oxygen atoms in total. The van der Waals surface area contributed by atoms with Gasteiger partial charge in [-0.3, -0.25) is 0 Å². The molecule has 1 aromatic heterocycles. The van der Waals surface area contributed by atoms with Crippen molar-refractivity contribution in [3.05, 3.63) is 71.3 Å². The van der Waals surface area contributed by atoms with E-state index in [0.29, 0.717) is 0 Å². The molecule has 1 aliphatic rings. The van der Waals surface area contributed by atoms with Gasteiger partial charge in [0.15, 0.2) is 0 Å². The van der Waals surface area contributed by atoms with Gasteiger partial charge in [0.1, 0.15) is 12.2 Å². The van der Waals surface area contributed by atoms with Gasteiger partial charge in [-0.05, 0) is 34.2 Å². The number of nitrogens with one attached hydrogen (secondary N) is 1. The molecule has 0 saturated carbocycles. The van der Waals surface area contributed by atoms with E-state index in [2.05, 4.69) is 64.6 Å². The molecule has 20 heavy (non-hydrogen) atoms. The van der Waals surface area contributed by atoms with Crippen LogP contribution in [0.3, 0.4) is 0 Å². The molecule has 0 amide bonds. The van der Waals surface area contributed by atoms with Crippen LogP contribution in [0.4, 0.5) is 0 Å². The monoisotopic (exact) mass is 261 g/mol. The van der Waals surface area contributed by atoms with Gasteiger partial charge >= 0.3 is 0 Å². The Hall–Kier alpha value is -2.42. The third-order valence-corrected chi connectivity index (χ3v) is 4.16. The first-order valence-corrected chi connectivity index (χ1v) is 6.90. The van der Waals surface area contributed by atoms with E-state index in [-0.39, 0.29) is 5.92 Å². The van der Waals surface area contributed by atoms with Crippen LogP contribution >= 0.6 is 0 Å². The zero-order chi connectivity index (χ0) is 13.5. The molecule has 1 aliphatic carbocycles. The van der Waals surface area contributed by atoms with E-state index in [4.69, 9.17) is 0 Å². The Balaban J connectivity index is 1.75. The molecule has 1 atom stereocenters. The zero-order valence-corrected chi connectivity index (χ0v) is 11.3. The summed E-state index contributed by atoms with van der Waals surface area (Å²) in [5.74, 6) is 1.16. The highest BCUT2D eigenvalue weighted by Crippen LogP contribution is 2.38. The maximum atomic E-state index is 4.12. The first kappa shape index (κ1) is 11.4. The number of aromatic nitrogens is 3. The summed E-state index contributed by atoms with van der Waals surface area (Å²) in [6.45, 7) is 2.16. The Morgan fingerprint density at radius 2 is 1.90 bits per heavy atom. The molecule has 1 heterocycles. The second kappa shape index (κ2) is 4.30. The lowest BCUT2D eigenvalue weighted by molar-refractivity contribution is 0.821. The van der Waals surface area contributed by atoms with Crippen molar-refractivity contribution in [2.75, 3.05) is 0 Å². The summed E-state index contributed by atoms with van der Waals surface area (Å²) in [6.07, 6.45) is 2.66. The molecule has 0 bridgehead atoms. The topological polar surface area (TPSA) is 41.6 Å². The Kier molecular flexibility index (Phi) is 2.46. The molecular formula is C17H15N3. The van der Waals surface area contributed by atoms with Gasteiger partial charge in [-0.15, -0.1) is 10.2 Å². The van der Waals surface area contributed by atoms with E-state index in [1.807, 2.05) is 0 Å². The third kappa shape index (κ3) is 1.67. The van der Waals surface area contributed by atoms with Crippen LogP contribution in [0.2, 0.25) is 0 Å². The zero-order valence-electron chi connectivity index (χ0n) is 11.3. The predicted octanol–water partition coefficient (Wildman–Crippen LogP) is 3.53. The van der Waals surface area contributed by atoms with Crippen LogP contribution in [0.25, 0.3) is 11.1 Å². The number of benzene rings is 2. The van der Waals surface area contributed by atoms with Gasteiger partial charge in [-0.2, -0.15) is 0 Å². The van der Waals surface area contributed by atoms with Gasteiger partial charge < -0.3 is 4.98 Å². The Labute approximate surface area is 117 Å². The van der Waals surface area contributed by atoms with E-state index < -0.39 is 0 Å². The number of fused-ring (bicyclic) bond motifs is 3.